The molecule has 1 atom stereocenters. The molecule has 4 nitrogen and oxygen atoms in total. The van der Waals surface area contributed by atoms with Gasteiger partial charge in [-0.15, -0.1) is 11.8 Å². The van der Waals surface area contributed by atoms with Crippen molar-refractivity contribution in [2.24, 2.45) is 5.73 Å². The topological polar surface area (TPSA) is 89.3 Å². The van der Waals surface area contributed by atoms with Crippen molar-refractivity contribution in [2.75, 3.05) is 12.3 Å². The number of carbonyl (C=O) groups is 1. The molecule has 0 saturated carbocycles. The fraction of sp³-hybridized carbons (Fsp3) is 0.364. The molecule has 0 aliphatic heterocycles. The van der Waals surface area contributed by atoms with E-state index in [9.17, 15) is 4.79 Å². The van der Waals surface area contributed by atoms with Crippen molar-refractivity contribution in [1.82, 2.24) is 0 Å². The summed E-state index contributed by atoms with van der Waals surface area (Å²) in [5, 5.41) is 9.05. The lowest BCUT2D eigenvalue weighted by Crippen LogP contribution is -2.11. The standard InChI is InChI=1S/C11H16N2O2S/c1-7(4-5-14)16-10-6-8(11(13)15)2-3-9(10)12/h2-3,6-7,14H,4-5,12H2,1H3,(H2,13,15). The second-order valence-electron chi connectivity index (χ2n) is 3.56. The van der Waals surface area contributed by atoms with Crippen LogP contribution in [0.5, 0.6) is 0 Å². The second-order valence-corrected chi connectivity index (χ2v) is 5.04. The third-order valence-corrected chi connectivity index (χ3v) is 3.41. The fourth-order valence-corrected chi connectivity index (χ4v) is 2.30. The molecule has 0 aliphatic rings. The lowest BCUT2D eigenvalue weighted by Gasteiger charge is -2.12. The largest absolute Gasteiger partial charge is 0.398 e. The Balaban J connectivity index is 2.85. The Morgan fingerprint density at radius 1 is 1.56 bits per heavy atom. The highest BCUT2D eigenvalue weighted by Gasteiger charge is 2.09. The number of primary amides is 1. The predicted molar refractivity (Wildman–Crippen MR) is 66.4 cm³/mol. The summed E-state index contributed by atoms with van der Waals surface area (Å²) in [6, 6.07) is 4.97. The number of thioether (sulfide) groups is 1. The van der Waals surface area contributed by atoms with Gasteiger partial charge in [0.1, 0.15) is 0 Å². The van der Waals surface area contributed by atoms with Crippen molar-refractivity contribution in [3.05, 3.63) is 23.8 Å². The first kappa shape index (κ1) is 12.9. The van der Waals surface area contributed by atoms with E-state index >= 15 is 0 Å². The number of benzene rings is 1. The first-order valence-corrected chi connectivity index (χ1v) is 5.89. The van der Waals surface area contributed by atoms with Crippen molar-refractivity contribution in [3.8, 4) is 0 Å². The lowest BCUT2D eigenvalue weighted by molar-refractivity contribution is 0.1000. The molecule has 0 bridgehead atoms. The summed E-state index contributed by atoms with van der Waals surface area (Å²) in [4.78, 5) is 11.8. The molecule has 5 heteroatoms. The van der Waals surface area contributed by atoms with E-state index in [-0.39, 0.29) is 11.9 Å². The van der Waals surface area contributed by atoms with Crippen molar-refractivity contribution in [2.45, 2.75) is 23.5 Å². The van der Waals surface area contributed by atoms with Crippen LogP contribution in [-0.4, -0.2) is 22.9 Å². The van der Waals surface area contributed by atoms with Gasteiger partial charge in [-0.2, -0.15) is 0 Å². The number of anilines is 1. The van der Waals surface area contributed by atoms with Crippen molar-refractivity contribution in [3.63, 3.8) is 0 Å². The average Bonchev–Trinajstić information content (AvgIpc) is 2.21. The van der Waals surface area contributed by atoms with E-state index in [2.05, 4.69) is 0 Å². The van der Waals surface area contributed by atoms with E-state index in [1.165, 1.54) is 11.8 Å². The highest BCUT2D eigenvalue weighted by molar-refractivity contribution is 8.00. The van der Waals surface area contributed by atoms with Crippen LogP contribution in [-0.2, 0) is 0 Å². The van der Waals surface area contributed by atoms with E-state index in [1.807, 2.05) is 6.92 Å². The Morgan fingerprint density at radius 3 is 2.81 bits per heavy atom. The molecule has 0 fully saturated rings. The zero-order valence-corrected chi connectivity index (χ0v) is 9.96. The monoisotopic (exact) mass is 240 g/mol. The summed E-state index contributed by atoms with van der Waals surface area (Å²) in [7, 11) is 0. The molecule has 16 heavy (non-hydrogen) atoms. The Hall–Kier alpha value is -1.20. The van der Waals surface area contributed by atoms with E-state index < -0.39 is 5.91 Å². The van der Waals surface area contributed by atoms with Gasteiger partial charge in [-0.05, 0) is 24.6 Å². The van der Waals surface area contributed by atoms with Crippen LogP contribution < -0.4 is 11.5 Å². The highest BCUT2D eigenvalue weighted by atomic mass is 32.2. The lowest BCUT2D eigenvalue weighted by atomic mass is 10.2. The molecule has 0 radical (unpaired) electrons. The highest BCUT2D eigenvalue weighted by Crippen LogP contribution is 2.30. The number of aliphatic hydroxyl groups excluding tert-OH is 1. The Bertz CT molecular complexity index is 382. The van der Waals surface area contributed by atoms with Crippen LogP contribution in [0.3, 0.4) is 0 Å². The maximum absolute atomic E-state index is 11.0. The zero-order valence-electron chi connectivity index (χ0n) is 9.14. The first-order valence-electron chi connectivity index (χ1n) is 5.01. The van der Waals surface area contributed by atoms with Crippen LogP contribution in [0.15, 0.2) is 23.1 Å². The van der Waals surface area contributed by atoms with E-state index in [1.54, 1.807) is 18.2 Å². The normalized spacial score (nSPS) is 12.4. The van der Waals surface area contributed by atoms with Gasteiger partial charge in [0.15, 0.2) is 0 Å². The number of hydrogen-bond donors (Lipinski definition) is 3. The minimum absolute atomic E-state index is 0.142. The van der Waals surface area contributed by atoms with Gasteiger partial charge in [0.2, 0.25) is 5.91 Å². The Morgan fingerprint density at radius 2 is 2.25 bits per heavy atom. The van der Waals surface area contributed by atoms with E-state index in [4.69, 9.17) is 16.6 Å². The number of aliphatic hydroxyl groups is 1. The molecule has 1 aromatic carbocycles. The number of carbonyl (C=O) groups excluding carboxylic acids is 1. The van der Waals surface area contributed by atoms with Gasteiger partial charge >= 0.3 is 0 Å². The summed E-state index contributed by atoms with van der Waals surface area (Å²) in [6.45, 7) is 2.14. The molecule has 0 heterocycles. The minimum atomic E-state index is -0.461. The molecule has 0 aromatic heterocycles. The Labute approximate surface area is 99.0 Å². The molecule has 1 unspecified atom stereocenters. The van der Waals surface area contributed by atoms with Crippen molar-refractivity contribution in [1.29, 1.82) is 0 Å². The number of rotatable bonds is 5. The summed E-state index contributed by atoms with van der Waals surface area (Å²) < 4.78 is 0. The fourth-order valence-electron chi connectivity index (χ4n) is 1.25. The molecule has 1 amide bonds. The van der Waals surface area contributed by atoms with Gasteiger partial charge < -0.3 is 16.6 Å². The molecular formula is C11H16N2O2S. The van der Waals surface area contributed by atoms with Crippen LogP contribution in [0.25, 0.3) is 0 Å². The minimum Gasteiger partial charge on any atom is -0.398 e. The van der Waals surface area contributed by atoms with Crippen molar-refractivity contribution >= 4 is 23.4 Å². The van der Waals surface area contributed by atoms with E-state index in [0.29, 0.717) is 17.7 Å². The molecule has 88 valence electrons. The number of nitrogens with two attached hydrogens (primary N) is 2. The molecule has 0 spiro atoms. The first-order chi connectivity index (χ1) is 7.54. The van der Waals surface area contributed by atoms with Gasteiger partial charge in [-0.3, -0.25) is 4.79 Å². The van der Waals surface area contributed by atoms with Gasteiger partial charge in [0.05, 0.1) is 0 Å². The summed E-state index contributed by atoms with van der Waals surface area (Å²) >= 11 is 1.53. The van der Waals surface area contributed by atoms with E-state index in [0.717, 1.165) is 4.90 Å². The maximum atomic E-state index is 11.0. The van der Waals surface area contributed by atoms with Gasteiger partial charge in [-0.1, -0.05) is 6.92 Å². The smallest absolute Gasteiger partial charge is 0.248 e. The van der Waals surface area contributed by atoms with Gasteiger partial charge in [0.25, 0.3) is 0 Å². The third-order valence-electron chi connectivity index (χ3n) is 2.16. The summed E-state index contributed by atoms with van der Waals surface area (Å²) in [5.41, 5.74) is 12.1. The van der Waals surface area contributed by atoms with Gasteiger partial charge in [-0.25, -0.2) is 0 Å². The number of hydrogen-bond acceptors (Lipinski definition) is 4. The van der Waals surface area contributed by atoms with Crippen LogP contribution >= 0.6 is 11.8 Å². The van der Waals surface area contributed by atoms with Crippen molar-refractivity contribution < 1.29 is 9.90 Å². The number of amides is 1. The molecule has 1 aromatic rings. The average molecular weight is 240 g/mol. The summed E-state index contributed by atoms with van der Waals surface area (Å²) in [6.07, 6.45) is 0.685. The van der Waals surface area contributed by atoms with Gasteiger partial charge in [0, 0.05) is 28.0 Å². The molecule has 1 rings (SSSR count). The second kappa shape index (κ2) is 5.77. The molecule has 5 N–H and O–H groups in total. The van der Waals surface area contributed by atoms with Crippen LogP contribution in [0.4, 0.5) is 5.69 Å². The summed E-state index contributed by atoms with van der Waals surface area (Å²) in [5.74, 6) is -0.461. The maximum Gasteiger partial charge on any atom is 0.248 e. The van der Waals surface area contributed by atoms with Crippen LogP contribution in [0.2, 0.25) is 0 Å². The van der Waals surface area contributed by atoms with Crippen LogP contribution in [0, 0.1) is 0 Å². The third kappa shape index (κ3) is 3.43. The quantitative estimate of drug-likeness (QED) is 0.533. The SMILES string of the molecule is CC(CCO)Sc1cc(C(N)=O)ccc1N. The molecular weight excluding hydrogens is 224 g/mol. The number of nitrogen functional groups attached to an aromatic ring is 1. The van der Waals surface area contributed by atoms with Crippen LogP contribution in [0.1, 0.15) is 23.7 Å². The Kier molecular flexibility index (Phi) is 4.64. The zero-order chi connectivity index (χ0) is 12.1. The predicted octanol–water partition coefficient (Wildman–Crippen LogP) is 1.23. The molecule has 0 aliphatic carbocycles. The molecule has 0 saturated heterocycles.